The van der Waals surface area contributed by atoms with Gasteiger partial charge in [-0.3, -0.25) is 0 Å². The minimum Gasteiger partial charge on any atom is -0.369 e. The van der Waals surface area contributed by atoms with Crippen molar-refractivity contribution in [3.8, 4) is 0 Å². The molecule has 1 aliphatic heterocycles. The SMILES string of the molecule is CCC=CCC=CCC1OC1CCCCCCCCCCCC. The largest absolute Gasteiger partial charge is 0.369 e. The Kier molecular flexibility index (Phi) is 13.4. The van der Waals surface area contributed by atoms with Crippen LogP contribution in [0.15, 0.2) is 24.3 Å². The van der Waals surface area contributed by atoms with Gasteiger partial charge in [0.15, 0.2) is 0 Å². The van der Waals surface area contributed by atoms with Crippen LogP contribution in [0.4, 0.5) is 0 Å². The summed E-state index contributed by atoms with van der Waals surface area (Å²) in [6, 6.07) is 0. The van der Waals surface area contributed by atoms with E-state index in [4.69, 9.17) is 4.74 Å². The van der Waals surface area contributed by atoms with Gasteiger partial charge in [-0.05, 0) is 25.7 Å². The fraction of sp³-hybridized carbons (Fsp3) is 0.818. The van der Waals surface area contributed by atoms with Crippen LogP contribution in [-0.4, -0.2) is 12.2 Å². The lowest BCUT2D eigenvalue weighted by Gasteiger charge is -2.01. The molecule has 1 saturated heterocycles. The van der Waals surface area contributed by atoms with Gasteiger partial charge in [-0.2, -0.15) is 0 Å². The van der Waals surface area contributed by atoms with Gasteiger partial charge in [0.25, 0.3) is 0 Å². The highest BCUT2D eigenvalue weighted by Crippen LogP contribution is 2.30. The normalized spacial score (nSPS) is 20.8. The zero-order valence-corrected chi connectivity index (χ0v) is 15.8. The first-order chi connectivity index (χ1) is 11.4. The number of rotatable bonds is 16. The quantitative estimate of drug-likeness (QED) is 0.164. The van der Waals surface area contributed by atoms with E-state index in [0.717, 1.165) is 19.3 Å². The molecule has 0 aliphatic carbocycles. The van der Waals surface area contributed by atoms with Crippen LogP contribution in [0.5, 0.6) is 0 Å². The first kappa shape index (κ1) is 20.5. The molecule has 1 rings (SSSR count). The highest BCUT2D eigenvalue weighted by molar-refractivity contribution is 4.97. The summed E-state index contributed by atoms with van der Waals surface area (Å²) < 4.78 is 5.76. The Labute approximate surface area is 145 Å². The van der Waals surface area contributed by atoms with Crippen molar-refractivity contribution in [1.82, 2.24) is 0 Å². The van der Waals surface area contributed by atoms with Gasteiger partial charge in [0.2, 0.25) is 0 Å². The minimum atomic E-state index is 0.528. The Hall–Kier alpha value is -0.560. The lowest BCUT2D eigenvalue weighted by molar-refractivity contribution is 0.358. The van der Waals surface area contributed by atoms with Crippen molar-refractivity contribution in [3.05, 3.63) is 24.3 Å². The van der Waals surface area contributed by atoms with E-state index in [-0.39, 0.29) is 0 Å². The molecule has 0 saturated carbocycles. The number of hydrogen-bond acceptors (Lipinski definition) is 1. The highest BCUT2D eigenvalue weighted by Gasteiger charge is 2.36. The van der Waals surface area contributed by atoms with Crippen LogP contribution < -0.4 is 0 Å². The van der Waals surface area contributed by atoms with Crippen LogP contribution in [-0.2, 0) is 4.74 Å². The van der Waals surface area contributed by atoms with Gasteiger partial charge in [0.1, 0.15) is 0 Å². The van der Waals surface area contributed by atoms with Gasteiger partial charge in [0.05, 0.1) is 12.2 Å². The summed E-state index contributed by atoms with van der Waals surface area (Å²) in [4.78, 5) is 0. The molecular formula is C22H40O. The maximum absolute atomic E-state index is 5.76. The fourth-order valence-electron chi connectivity index (χ4n) is 3.14. The Balaban J connectivity index is 1.79. The van der Waals surface area contributed by atoms with Gasteiger partial charge in [0, 0.05) is 0 Å². The van der Waals surface area contributed by atoms with Crippen molar-refractivity contribution in [2.24, 2.45) is 0 Å². The van der Waals surface area contributed by atoms with Crippen molar-refractivity contribution >= 4 is 0 Å². The minimum absolute atomic E-state index is 0.528. The van der Waals surface area contributed by atoms with Gasteiger partial charge in [-0.25, -0.2) is 0 Å². The standard InChI is InChI=1S/C22H40O/c1-3-5-7-9-11-12-13-14-16-18-20-22-21(23-22)19-17-15-10-8-6-4-2/h6,8,15,17,21-22H,3-5,7,9-14,16,18-20H2,1-2H3. The summed E-state index contributed by atoms with van der Waals surface area (Å²) in [6.45, 7) is 4.46. The summed E-state index contributed by atoms with van der Waals surface area (Å²) >= 11 is 0. The first-order valence-corrected chi connectivity index (χ1v) is 10.3. The second-order valence-corrected chi connectivity index (χ2v) is 7.01. The van der Waals surface area contributed by atoms with E-state index < -0.39 is 0 Å². The van der Waals surface area contributed by atoms with E-state index in [9.17, 15) is 0 Å². The summed E-state index contributed by atoms with van der Waals surface area (Å²) in [7, 11) is 0. The second-order valence-electron chi connectivity index (χ2n) is 7.01. The van der Waals surface area contributed by atoms with Crippen LogP contribution in [0, 0.1) is 0 Å². The monoisotopic (exact) mass is 320 g/mol. The summed E-state index contributed by atoms with van der Waals surface area (Å²) in [5.41, 5.74) is 0. The van der Waals surface area contributed by atoms with E-state index in [2.05, 4.69) is 38.2 Å². The summed E-state index contributed by atoms with van der Waals surface area (Å²) in [5.74, 6) is 0. The topological polar surface area (TPSA) is 12.5 Å². The van der Waals surface area contributed by atoms with Crippen molar-refractivity contribution in [2.45, 2.75) is 116 Å². The van der Waals surface area contributed by atoms with E-state index in [1.165, 1.54) is 70.6 Å². The molecular weight excluding hydrogens is 280 g/mol. The smallest absolute Gasteiger partial charge is 0.0876 e. The Bertz CT molecular complexity index is 305. The third kappa shape index (κ3) is 12.5. The molecule has 0 aromatic rings. The van der Waals surface area contributed by atoms with Crippen LogP contribution in [0.1, 0.15) is 104 Å². The van der Waals surface area contributed by atoms with Crippen LogP contribution in [0.3, 0.4) is 0 Å². The number of ether oxygens (including phenoxy) is 1. The molecule has 1 aliphatic rings. The zero-order chi connectivity index (χ0) is 16.6. The predicted molar refractivity (Wildman–Crippen MR) is 103 cm³/mol. The van der Waals surface area contributed by atoms with E-state index in [1.54, 1.807) is 0 Å². The molecule has 134 valence electrons. The number of allylic oxidation sites excluding steroid dienone is 3. The molecule has 1 heterocycles. The van der Waals surface area contributed by atoms with Crippen molar-refractivity contribution in [2.75, 3.05) is 0 Å². The second kappa shape index (κ2) is 15.0. The molecule has 0 bridgehead atoms. The average Bonchev–Trinajstić information content (AvgIpc) is 3.31. The van der Waals surface area contributed by atoms with E-state index in [0.29, 0.717) is 12.2 Å². The van der Waals surface area contributed by atoms with Crippen LogP contribution >= 0.6 is 0 Å². The van der Waals surface area contributed by atoms with Crippen molar-refractivity contribution in [1.29, 1.82) is 0 Å². The fourth-order valence-corrected chi connectivity index (χ4v) is 3.14. The van der Waals surface area contributed by atoms with Crippen molar-refractivity contribution in [3.63, 3.8) is 0 Å². The molecule has 0 spiro atoms. The third-order valence-electron chi connectivity index (χ3n) is 4.74. The Morgan fingerprint density at radius 3 is 1.91 bits per heavy atom. The first-order valence-electron chi connectivity index (χ1n) is 10.3. The lowest BCUT2D eigenvalue weighted by atomic mass is 10.0. The molecule has 0 radical (unpaired) electrons. The summed E-state index contributed by atoms with van der Waals surface area (Å²) in [6.07, 6.45) is 28.9. The molecule has 0 aromatic heterocycles. The molecule has 1 heteroatoms. The number of unbranched alkanes of at least 4 members (excludes halogenated alkanes) is 9. The average molecular weight is 321 g/mol. The van der Waals surface area contributed by atoms with Crippen LogP contribution in [0.25, 0.3) is 0 Å². The van der Waals surface area contributed by atoms with Crippen molar-refractivity contribution < 1.29 is 4.74 Å². The van der Waals surface area contributed by atoms with E-state index in [1.807, 2.05) is 0 Å². The predicted octanol–water partition coefficient (Wildman–Crippen LogP) is 7.37. The molecule has 23 heavy (non-hydrogen) atoms. The Morgan fingerprint density at radius 2 is 1.26 bits per heavy atom. The van der Waals surface area contributed by atoms with E-state index >= 15 is 0 Å². The number of epoxide rings is 1. The maximum Gasteiger partial charge on any atom is 0.0876 e. The molecule has 1 fully saturated rings. The highest BCUT2D eigenvalue weighted by atomic mass is 16.6. The molecule has 0 N–H and O–H groups in total. The molecule has 2 unspecified atom stereocenters. The molecule has 2 atom stereocenters. The number of hydrogen-bond donors (Lipinski definition) is 0. The van der Waals surface area contributed by atoms with Gasteiger partial charge < -0.3 is 4.74 Å². The molecule has 0 amide bonds. The van der Waals surface area contributed by atoms with Crippen LogP contribution in [0.2, 0.25) is 0 Å². The lowest BCUT2D eigenvalue weighted by Crippen LogP contribution is -1.93. The Morgan fingerprint density at radius 1 is 0.652 bits per heavy atom. The summed E-state index contributed by atoms with van der Waals surface area (Å²) in [5, 5.41) is 0. The maximum atomic E-state index is 5.76. The van der Waals surface area contributed by atoms with Gasteiger partial charge >= 0.3 is 0 Å². The zero-order valence-electron chi connectivity index (χ0n) is 15.8. The third-order valence-corrected chi connectivity index (χ3v) is 4.74. The van der Waals surface area contributed by atoms with Gasteiger partial charge in [-0.15, -0.1) is 0 Å². The van der Waals surface area contributed by atoms with Gasteiger partial charge in [-0.1, -0.05) is 102 Å². The molecule has 1 nitrogen and oxygen atoms in total. The molecule has 0 aromatic carbocycles.